The van der Waals surface area contributed by atoms with Crippen LogP contribution in [0.25, 0.3) is 0 Å². The van der Waals surface area contributed by atoms with Crippen LogP contribution in [0.4, 0.5) is 19.3 Å². The quantitative estimate of drug-likeness (QED) is 0.793. The number of morpholine rings is 1. The lowest BCUT2D eigenvalue weighted by Gasteiger charge is -2.32. The molecule has 2 bridgehead atoms. The molecule has 2 amide bonds. The molecule has 2 fully saturated rings. The number of rotatable bonds is 1. The largest absolute Gasteiger partial charge is 0.371 e. The van der Waals surface area contributed by atoms with Gasteiger partial charge in [-0.25, -0.2) is 13.6 Å². The summed E-state index contributed by atoms with van der Waals surface area (Å²) in [5.74, 6) is -1.48. The van der Waals surface area contributed by atoms with E-state index in [9.17, 15) is 13.6 Å². The van der Waals surface area contributed by atoms with Crippen LogP contribution in [0.5, 0.6) is 0 Å². The van der Waals surface area contributed by atoms with Gasteiger partial charge in [0.2, 0.25) is 0 Å². The van der Waals surface area contributed by atoms with Crippen molar-refractivity contribution in [3.8, 4) is 0 Å². The second-order valence-corrected chi connectivity index (χ2v) is 5.83. The number of hydrogen-bond donors (Lipinski definition) is 1. The smallest absolute Gasteiger partial charge is 0.322 e. The van der Waals surface area contributed by atoms with E-state index in [0.717, 1.165) is 25.0 Å². The van der Waals surface area contributed by atoms with Gasteiger partial charge in [0.05, 0.1) is 22.4 Å². The highest BCUT2D eigenvalue weighted by Gasteiger charge is 2.35. The Labute approximate surface area is 123 Å². The second kappa shape index (κ2) is 5.29. The van der Waals surface area contributed by atoms with E-state index in [1.165, 1.54) is 0 Å². The summed E-state index contributed by atoms with van der Waals surface area (Å²) in [6.45, 7) is 1.02. The number of nitrogens with zero attached hydrogens (tertiary/aromatic N) is 1. The summed E-state index contributed by atoms with van der Waals surface area (Å²) in [4.78, 5) is 13.8. The lowest BCUT2D eigenvalue weighted by atomic mass is 10.2. The van der Waals surface area contributed by atoms with E-state index in [4.69, 9.17) is 4.74 Å². The first-order chi connectivity index (χ1) is 9.52. The number of carbonyl (C=O) groups excluding carboxylic acids is 1. The van der Waals surface area contributed by atoms with E-state index in [1.54, 1.807) is 4.90 Å². The van der Waals surface area contributed by atoms with Crippen LogP contribution in [0.1, 0.15) is 12.8 Å². The van der Waals surface area contributed by atoms with E-state index in [2.05, 4.69) is 21.2 Å². The van der Waals surface area contributed by atoms with Crippen molar-refractivity contribution in [1.29, 1.82) is 0 Å². The molecule has 4 nitrogen and oxygen atoms in total. The molecule has 1 N–H and O–H groups in total. The minimum absolute atomic E-state index is 0.0449. The SMILES string of the molecule is O=C(Nc1cc(F)cc(F)c1Br)N1CC2CCC(C1)O2. The van der Waals surface area contributed by atoms with E-state index in [0.29, 0.717) is 13.1 Å². The molecule has 2 heterocycles. The maximum atomic E-state index is 13.4. The van der Waals surface area contributed by atoms with Crippen molar-refractivity contribution in [2.24, 2.45) is 0 Å². The number of urea groups is 1. The van der Waals surface area contributed by atoms with Gasteiger partial charge in [-0.2, -0.15) is 0 Å². The Morgan fingerprint density at radius 2 is 1.95 bits per heavy atom. The zero-order chi connectivity index (χ0) is 14.3. The van der Waals surface area contributed by atoms with Crippen LogP contribution >= 0.6 is 15.9 Å². The van der Waals surface area contributed by atoms with E-state index >= 15 is 0 Å². The van der Waals surface area contributed by atoms with Crippen molar-refractivity contribution in [3.05, 3.63) is 28.2 Å². The van der Waals surface area contributed by atoms with Gasteiger partial charge >= 0.3 is 6.03 Å². The minimum atomic E-state index is -0.748. The van der Waals surface area contributed by atoms with E-state index < -0.39 is 11.6 Å². The number of amides is 2. The molecular formula is C13H13BrF2N2O2. The predicted molar refractivity (Wildman–Crippen MR) is 72.5 cm³/mol. The zero-order valence-electron chi connectivity index (χ0n) is 10.5. The number of carbonyl (C=O) groups is 1. The standard InChI is InChI=1S/C13H13BrF2N2O2/c14-12-10(16)3-7(15)4-11(12)17-13(19)18-5-8-1-2-9(6-18)20-8/h3-4,8-9H,1-2,5-6H2,(H,17,19). The second-order valence-electron chi connectivity index (χ2n) is 5.04. The average Bonchev–Trinajstić information content (AvgIpc) is 2.74. The van der Waals surface area contributed by atoms with Crippen LogP contribution < -0.4 is 5.32 Å². The van der Waals surface area contributed by atoms with Crippen molar-refractivity contribution in [3.63, 3.8) is 0 Å². The fraction of sp³-hybridized carbons (Fsp3) is 0.462. The van der Waals surface area contributed by atoms with Crippen molar-refractivity contribution >= 4 is 27.6 Å². The molecule has 0 aromatic heterocycles. The Morgan fingerprint density at radius 3 is 2.60 bits per heavy atom. The molecule has 2 unspecified atom stereocenters. The maximum absolute atomic E-state index is 13.4. The van der Waals surface area contributed by atoms with E-state index in [1.807, 2.05) is 0 Å². The molecule has 1 aromatic carbocycles. The molecule has 1 aromatic rings. The van der Waals surface area contributed by atoms with Gasteiger partial charge in [-0.15, -0.1) is 0 Å². The number of halogens is 3. The number of anilines is 1. The highest BCUT2D eigenvalue weighted by molar-refractivity contribution is 9.10. The third-order valence-corrected chi connectivity index (χ3v) is 4.37. The number of fused-ring (bicyclic) bond motifs is 2. The average molecular weight is 347 g/mol. The molecule has 7 heteroatoms. The molecule has 0 saturated carbocycles. The molecular weight excluding hydrogens is 334 g/mol. The molecule has 3 rings (SSSR count). The fourth-order valence-corrected chi connectivity index (χ4v) is 2.95. The zero-order valence-corrected chi connectivity index (χ0v) is 12.1. The van der Waals surface area contributed by atoms with Crippen molar-refractivity contribution in [1.82, 2.24) is 4.90 Å². The highest BCUT2D eigenvalue weighted by Crippen LogP contribution is 2.29. The Balaban J connectivity index is 1.73. The Kier molecular flexibility index (Phi) is 3.64. The van der Waals surface area contributed by atoms with Gasteiger partial charge in [0.1, 0.15) is 11.6 Å². The molecule has 2 aliphatic heterocycles. The van der Waals surface area contributed by atoms with Gasteiger partial charge in [0.25, 0.3) is 0 Å². The van der Waals surface area contributed by atoms with Gasteiger partial charge < -0.3 is 15.0 Å². The first kappa shape index (κ1) is 13.8. The van der Waals surface area contributed by atoms with Gasteiger partial charge in [0.15, 0.2) is 0 Å². The third-order valence-electron chi connectivity index (χ3n) is 3.57. The summed E-state index contributed by atoms with van der Waals surface area (Å²) in [6.07, 6.45) is 2.05. The number of hydrogen-bond acceptors (Lipinski definition) is 2. The lowest BCUT2D eigenvalue weighted by Crippen LogP contribution is -2.47. The summed E-state index contributed by atoms with van der Waals surface area (Å²) in [7, 11) is 0. The van der Waals surface area contributed by atoms with Crippen LogP contribution in [0, 0.1) is 11.6 Å². The predicted octanol–water partition coefficient (Wildman–Crippen LogP) is 3.12. The maximum Gasteiger partial charge on any atom is 0.322 e. The van der Waals surface area contributed by atoms with E-state index in [-0.39, 0.29) is 28.4 Å². The molecule has 2 saturated heterocycles. The van der Waals surface area contributed by atoms with Crippen molar-refractivity contribution < 1.29 is 18.3 Å². The van der Waals surface area contributed by atoms with Gasteiger partial charge in [-0.05, 0) is 34.8 Å². The van der Waals surface area contributed by atoms with Crippen LogP contribution in [0.2, 0.25) is 0 Å². The number of likely N-dealkylation sites (tertiary alicyclic amines) is 1. The Hall–Kier alpha value is -1.21. The van der Waals surface area contributed by atoms with Gasteiger partial charge in [0, 0.05) is 19.2 Å². The van der Waals surface area contributed by atoms with Crippen molar-refractivity contribution in [2.75, 3.05) is 18.4 Å². The highest BCUT2D eigenvalue weighted by atomic mass is 79.9. The number of ether oxygens (including phenoxy) is 1. The first-order valence-electron chi connectivity index (χ1n) is 6.39. The molecule has 108 valence electrons. The Morgan fingerprint density at radius 1 is 1.30 bits per heavy atom. The minimum Gasteiger partial charge on any atom is -0.371 e. The Bertz CT molecular complexity index is 543. The van der Waals surface area contributed by atoms with Crippen molar-refractivity contribution in [2.45, 2.75) is 25.0 Å². The van der Waals surface area contributed by atoms with Crippen LogP contribution in [-0.2, 0) is 4.74 Å². The van der Waals surface area contributed by atoms with Gasteiger partial charge in [-0.3, -0.25) is 0 Å². The summed E-state index contributed by atoms with van der Waals surface area (Å²) < 4.78 is 32.3. The fourth-order valence-electron chi connectivity index (χ4n) is 2.62. The third kappa shape index (κ3) is 2.64. The van der Waals surface area contributed by atoms with Crippen LogP contribution in [0.15, 0.2) is 16.6 Å². The first-order valence-corrected chi connectivity index (χ1v) is 7.18. The number of nitrogens with one attached hydrogen (secondary N) is 1. The molecule has 0 radical (unpaired) electrons. The lowest BCUT2D eigenvalue weighted by molar-refractivity contribution is -0.0219. The van der Waals surface area contributed by atoms with Crippen LogP contribution in [0.3, 0.4) is 0 Å². The molecule has 20 heavy (non-hydrogen) atoms. The van der Waals surface area contributed by atoms with Crippen LogP contribution in [-0.4, -0.2) is 36.2 Å². The summed E-state index contributed by atoms with van der Waals surface area (Å²) in [5.41, 5.74) is 0.0892. The summed E-state index contributed by atoms with van der Waals surface area (Å²) >= 11 is 3.00. The normalized spacial score (nSPS) is 24.9. The molecule has 2 atom stereocenters. The molecule has 0 spiro atoms. The van der Waals surface area contributed by atoms with Gasteiger partial charge in [-0.1, -0.05) is 0 Å². The number of benzene rings is 1. The summed E-state index contributed by atoms with van der Waals surface area (Å²) in [5, 5.41) is 2.54. The topological polar surface area (TPSA) is 41.6 Å². The monoisotopic (exact) mass is 346 g/mol. The summed E-state index contributed by atoms with van der Waals surface area (Å²) in [6, 6.07) is 1.48. The molecule has 0 aliphatic carbocycles. The molecule has 2 aliphatic rings.